The predicted molar refractivity (Wildman–Crippen MR) is 297 cm³/mol. The molecule has 0 fully saturated rings. The van der Waals surface area contributed by atoms with E-state index < -0.39 is 29.5 Å². The third kappa shape index (κ3) is 12.3. The van der Waals surface area contributed by atoms with Crippen molar-refractivity contribution in [1.29, 1.82) is 0 Å². The zero-order valence-corrected chi connectivity index (χ0v) is 43.8. The van der Waals surface area contributed by atoms with Gasteiger partial charge in [0.1, 0.15) is 73.9 Å². The number of benzene rings is 10. The molecule has 0 bridgehead atoms. The molecule has 388 valence electrons. The highest BCUT2D eigenvalue weighted by Gasteiger charge is 2.24. The Balaban J connectivity index is 0.728. The molecule has 15 heteroatoms. The summed E-state index contributed by atoms with van der Waals surface area (Å²) in [6.45, 7) is 0. The van der Waals surface area contributed by atoms with Crippen molar-refractivity contribution in [2.24, 2.45) is 0 Å². The molecule has 0 spiro atoms. The van der Waals surface area contributed by atoms with Crippen LogP contribution in [-0.4, -0.2) is 25.3 Å². The molecular formula is C64H42O12S3. The SMILES string of the molecule is C#Cc1ccc(Oc2ccc(S(=O)(=O)c3ccc(Oc4ccc(Oc5ccccc5S(=O)(=O)c5ccc(Oc6cccc(Oc7ccc(S(=O)(=O)c8ccc(Oc9cccc(C#C)c9)cc8)cc7)c6)cc5)cc4)cc3)cc2)cc1. The number of ether oxygens (including phenoxy) is 6. The van der Waals surface area contributed by atoms with Gasteiger partial charge >= 0.3 is 0 Å². The highest BCUT2D eigenvalue weighted by atomic mass is 32.2. The fourth-order valence-electron chi connectivity index (χ4n) is 7.84. The molecule has 10 aromatic carbocycles. The fraction of sp³-hybridized carbons (Fsp3) is 0. The van der Waals surface area contributed by atoms with Crippen molar-refractivity contribution in [3.05, 3.63) is 254 Å². The van der Waals surface area contributed by atoms with Gasteiger partial charge in [-0.05, 0) is 212 Å². The molecule has 0 unspecified atom stereocenters. The lowest BCUT2D eigenvalue weighted by atomic mass is 10.2. The third-order valence-electron chi connectivity index (χ3n) is 11.9. The van der Waals surface area contributed by atoms with E-state index in [2.05, 4.69) is 11.8 Å². The quantitative estimate of drug-likeness (QED) is 0.0750. The van der Waals surface area contributed by atoms with Gasteiger partial charge in [0, 0.05) is 17.2 Å². The zero-order chi connectivity index (χ0) is 55.0. The van der Waals surface area contributed by atoms with Crippen molar-refractivity contribution in [2.45, 2.75) is 29.4 Å². The van der Waals surface area contributed by atoms with Gasteiger partial charge in [0.15, 0.2) is 0 Å². The van der Waals surface area contributed by atoms with Crippen LogP contribution in [0.4, 0.5) is 0 Å². The maximum Gasteiger partial charge on any atom is 0.210 e. The van der Waals surface area contributed by atoms with E-state index in [0.717, 1.165) is 0 Å². The van der Waals surface area contributed by atoms with E-state index in [0.29, 0.717) is 74.4 Å². The topological polar surface area (TPSA) is 158 Å². The van der Waals surface area contributed by atoms with Crippen molar-refractivity contribution in [3.63, 3.8) is 0 Å². The zero-order valence-electron chi connectivity index (χ0n) is 41.4. The van der Waals surface area contributed by atoms with Crippen LogP contribution in [0.15, 0.2) is 272 Å². The average Bonchev–Trinajstić information content (AvgIpc) is 3.54. The highest BCUT2D eigenvalue weighted by Crippen LogP contribution is 2.37. The lowest BCUT2D eigenvalue weighted by Gasteiger charge is -2.13. The Bertz CT molecular complexity index is 4250. The maximum absolute atomic E-state index is 14.0. The number of sulfone groups is 3. The monoisotopic (exact) mass is 1100 g/mol. The van der Waals surface area contributed by atoms with E-state index in [9.17, 15) is 25.3 Å². The van der Waals surface area contributed by atoms with Gasteiger partial charge in [0.05, 0.1) is 24.5 Å². The van der Waals surface area contributed by atoms with Gasteiger partial charge in [0.25, 0.3) is 0 Å². The van der Waals surface area contributed by atoms with E-state index in [4.69, 9.17) is 41.3 Å². The third-order valence-corrected chi connectivity index (χ3v) is 17.2. The second-order valence-electron chi connectivity index (χ2n) is 17.2. The van der Waals surface area contributed by atoms with Gasteiger partial charge in [0.2, 0.25) is 29.5 Å². The predicted octanol–water partition coefficient (Wildman–Crippen LogP) is 14.9. The summed E-state index contributed by atoms with van der Waals surface area (Å²) in [7, 11) is -11.8. The lowest BCUT2D eigenvalue weighted by molar-refractivity contribution is 0.459. The van der Waals surface area contributed by atoms with Crippen LogP contribution < -0.4 is 28.4 Å². The molecule has 0 saturated heterocycles. The summed E-state index contributed by atoms with van der Waals surface area (Å²) in [6, 6.07) is 63.7. The van der Waals surface area contributed by atoms with Gasteiger partial charge in [-0.25, -0.2) is 25.3 Å². The van der Waals surface area contributed by atoms with Gasteiger partial charge in [-0.1, -0.05) is 36.1 Å². The Morgan fingerprint density at radius 2 is 0.544 bits per heavy atom. The van der Waals surface area contributed by atoms with Crippen molar-refractivity contribution in [1.82, 2.24) is 0 Å². The minimum absolute atomic E-state index is 0.00145. The number of para-hydroxylation sites is 1. The summed E-state index contributed by atoms with van der Waals surface area (Å²) in [5, 5.41) is 0. The largest absolute Gasteiger partial charge is 0.457 e. The Hall–Kier alpha value is -10.0. The molecule has 0 saturated carbocycles. The van der Waals surface area contributed by atoms with Crippen molar-refractivity contribution in [2.75, 3.05) is 0 Å². The minimum Gasteiger partial charge on any atom is -0.457 e. The summed E-state index contributed by atoms with van der Waals surface area (Å²) in [5.74, 6) is 9.89. The van der Waals surface area contributed by atoms with Crippen LogP contribution in [-0.2, 0) is 29.5 Å². The van der Waals surface area contributed by atoms with Crippen LogP contribution in [0.5, 0.6) is 69.0 Å². The summed E-state index contributed by atoms with van der Waals surface area (Å²) >= 11 is 0. The number of terminal acetylenes is 2. The first-order chi connectivity index (χ1) is 38.2. The Kier molecular flexibility index (Phi) is 15.0. The standard InChI is InChI=1S/C64H42O12S3/c1-3-45-15-17-47(18-16-45)71-49-23-33-58(34-24-49)77(65,66)59-35-25-50(26-36-59)72-48-19-21-54(22-20-48)76-63-13-5-6-14-64(63)79(69,70)62-41-31-53(32-42-62)75-57-12-8-11-56(44-57)74-52-29-39-61(40-30-52)78(67,68)60-37-27-51(28-38-60)73-55-10-7-9-46(4-2)43-55/h1-2,5-44H. The molecule has 0 atom stereocenters. The average molecular weight is 1100 g/mol. The maximum atomic E-state index is 14.0. The molecule has 0 aliphatic heterocycles. The minimum atomic E-state index is -4.09. The molecule has 0 radical (unpaired) electrons. The van der Waals surface area contributed by atoms with Gasteiger partial charge in [-0.3, -0.25) is 0 Å². The van der Waals surface area contributed by atoms with Crippen LogP contribution in [0.25, 0.3) is 0 Å². The Morgan fingerprint density at radius 1 is 0.253 bits per heavy atom. The van der Waals surface area contributed by atoms with E-state index >= 15 is 0 Å². The van der Waals surface area contributed by atoms with E-state index in [1.807, 2.05) is 0 Å². The van der Waals surface area contributed by atoms with Crippen LogP contribution in [0.2, 0.25) is 0 Å². The first-order valence-electron chi connectivity index (χ1n) is 24.0. The number of hydrogen-bond donors (Lipinski definition) is 0. The summed E-state index contributed by atoms with van der Waals surface area (Å²) in [5.41, 5.74) is 1.37. The Labute approximate surface area is 457 Å². The van der Waals surface area contributed by atoms with Crippen molar-refractivity contribution >= 4 is 29.5 Å². The van der Waals surface area contributed by atoms with Crippen LogP contribution in [0.3, 0.4) is 0 Å². The lowest BCUT2D eigenvalue weighted by Crippen LogP contribution is -2.04. The second-order valence-corrected chi connectivity index (χ2v) is 23.0. The second kappa shape index (κ2) is 22.7. The first kappa shape index (κ1) is 52.4. The summed E-state index contributed by atoms with van der Waals surface area (Å²) in [6.07, 6.45) is 10.9. The van der Waals surface area contributed by atoms with Crippen molar-refractivity contribution < 1.29 is 53.7 Å². The van der Waals surface area contributed by atoms with E-state index in [1.165, 1.54) is 78.9 Å². The molecule has 0 aliphatic carbocycles. The first-order valence-corrected chi connectivity index (χ1v) is 28.4. The normalized spacial score (nSPS) is 11.3. The molecule has 10 rings (SSSR count). The van der Waals surface area contributed by atoms with E-state index in [-0.39, 0.29) is 35.1 Å². The molecule has 0 aromatic heterocycles. The summed E-state index contributed by atoms with van der Waals surface area (Å²) in [4.78, 5) is 0.268. The fourth-order valence-corrected chi connectivity index (χ4v) is 11.7. The van der Waals surface area contributed by atoms with Crippen LogP contribution >= 0.6 is 0 Å². The van der Waals surface area contributed by atoms with Crippen LogP contribution in [0.1, 0.15) is 11.1 Å². The molecule has 0 amide bonds. The number of rotatable bonds is 18. The molecule has 0 N–H and O–H groups in total. The molecule has 10 aromatic rings. The molecule has 12 nitrogen and oxygen atoms in total. The Morgan fingerprint density at radius 3 is 0.924 bits per heavy atom. The smallest absolute Gasteiger partial charge is 0.210 e. The van der Waals surface area contributed by atoms with Gasteiger partial charge in [-0.15, -0.1) is 12.8 Å². The van der Waals surface area contributed by atoms with Crippen molar-refractivity contribution in [3.8, 4) is 93.7 Å². The molecular weight excluding hydrogens is 1060 g/mol. The molecule has 0 heterocycles. The van der Waals surface area contributed by atoms with E-state index in [1.54, 1.807) is 164 Å². The highest BCUT2D eigenvalue weighted by molar-refractivity contribution is 7.92. The van der Waals surface area contributed by atoms with Crippen LogP contribution in [0, 0.1) is 24.7 Å². The number of hydrogen-bond acceptors (Lipinski definition) is 12. The molecule has 0 aliphatic rings. The van der Waals surface area contributed by atoms with Gasteiger partial charge < -0.3 is 28.4 Å². The van der Waals surface area contributed by atoms with Gasteiger partial charge in [-0.2, -0.15) is 0 Å². The summed E-state index contributed by atoms with van der Waals surface area (Å²) < 4.78 is 118. The molecule has 79 heavy (non-hydrogen) atoms.